The molecule has 1 saturated heterocycles. The zero-order valence-corrected chi connectivity index (χ0v) is 15.0. The van der Waals surface area contributed by atoms with Gasteiger partial charge in [0.15, 0.2) is 0 Å². The summed E-state index contributed by atoms with van der Waals surface area (Å²) in [5, 5.41) is 3.64. The van der Waals surface area contributed by atoms with Crippen LogP contribution in [0.25, 0.3) is 0 Å². The van der Waals surface area contributed by atoms with Gasteiger partial charge in [-0.15, -0.1) is 0 Å². The minimum Gasteiger partial charge on any atom is -0.445 e. The number of ether oxygens (including phenoxy) is 2. The van der Waals surface area contributed by atoms with Crippen molar-refractivity contribution in [3.8, 4) is 0 Å². The van der Waals surface area contributed by atoms with E-state index in [4.69, 9.17) is 9.47 Å². The molecule has 3 rings (SSSR count). The van der Waals surface area contributed by atoms with Gasteiger partial charge in [-0.1, -0.05) is 56.0 Å². The summed E-state index contributed by atoms with van der Waals surface area (Å²) in [6.45, 7) is 2.92. The van der Waals surface area contributed by atoms with Gasteiger partial charge in [0.2, 0.25) is 0 Å². The van der Waals surface area contributed by atoms with Crippen molar-refractivity contribution >= 4 is 6.09 Å². The summed E-state index contributed by atoms with van der Waals surface area (Å²) >= 11 is 0. The predicted octanol–water partition coefficient (Wildman–Crippen LogP) is 3.34. The van der Waals surface area contributed by atoms with Crippen molar-refractivity contribution in [1.29, 1.82) is 0 Å². The molecule has 0 radical (unpaired) electrons. The summed E-state index contributed by atoms with van der Waals surface area (Å²) in [7, 11) is 0. The van der Waals surface area contributed by atoms with Crippen LogP contribution in [0.3, 0.4) is 0 Å². The second-order valence-corrected chi connectivity index (χ2v) is 7.08. The molecule has 1 aromatic rings. The van der Waals surface area contributed by atoms with Crippen LogP contribution < -0.4 is 5.32 Å². The van der Waals surface area contributed by atoms with Crippen LogP contribution in [-0.4, -0.2) is 49.4 Å². The topological polar surface area (TPSA) is 50.8 Å². The summed E-state index contributed by atoms with van der Waals surface area (Å²) in [6, 6.07) is 10.4. The molecule has 1 saturated carbocycles. The molecule has 1 unspecified atom stereocenters. The Balaban J connectivity index is 1.40. The van der Waals surface area contributed by atoms with Gasteiger partial charge < -0.3 is 19.7 Å². The average Bonchev–Trinajstić information content (AvgIpc) is 2.94. The Kier molecular flexibility index (Phi) is 7.12. The Morgan fingerprint density at radius 1 is 1.16 bits per heavy atom. The largest absolute Gasteiger partial charge is 0.445 e. The summed E-state index contributed by atoms with van der Waals surface area (Å²) in [4.78, 5) is 14.1. The smallest absolute Gasteiger partial charge is 0.410 e. The highest BCUT2D eigenvalue weighted by Gasteiger charge is 2.26. The molecule has 1 aliphatic carbocycles. The van der Waals surface area contributed by atoms with E-state index in [0.29, 0.717) is 32.3 Å². The third kappa shape index (κ3) is 6.01. The molecule has 1 amide bonds. The maximum absolute atomic E-state index is 12.3. The number of nitrogens with zero attached hydrogens (tertiary/aromatic N) is 1. The lowest BCUT2D eigenvalue weighted by Gasteiger charge is -2.33. The molecular formula is C20H30N2O3. The van der Waals surface area contributed by atoms with E-state index in [1.165, 1.54) is 38.5 Å². The lowest BCUT2D eigenvalue weighted by molar-refractivity contribution is -0.0281. The number of nitrogens with one attached hydrogen (secondary N) is 1. The predicted molar refractivity (Wildman–Crippen MR) is 97.4 cm³/mol. The van der Waals surface area contributed by atoms with Crippen LogP contribution in [0.4, 0.5) is 4.79 Å². The van der Waals surface area contributed by atoms with Gasteiger partial charge in [-0.2, -0.15) is 0 Å². The van der Waals surface area contributed by atoms with Crippen LogP contribution in [0, 0.1) is 0 Å². The van der Waals surface area contributed by atoms with Crippen LogP contribution >= 0.6 is 0 Å². The first-order chi connectivity index (χ1) is 12.3. The van der Waals surface area contributed by atoms with Gasteiger partial charge in [-0.05, 0) is 18.4 Å². The van der Waals surface area contributed by atoms with Crippen LogP contribution in [0.1, 0.15) is 44.1 Å². The fourth-order valence-corrected chi connectivity index (χ4v) is 3.60. The van der Waals surface area contributed by atoms with E-state index in [-0.39, 0.29) is 12.2 Å². The second-order valence-electron chi connectivity index (χ2n) is 7.08. The Bertz CT molecular complexity index is 515. The van der Waals surface area contributed by atoms with Gasteiger partial charge in [0.1, 0.15) is 6.61 Å². The third-order valence-electron chi connectivity index (χ3n) is 5.09. The maximum atomic E-state index is 12.3. The number of carbonyl (C=O) groups is 1. The van der Waals surface area contributed by atoms with Crippen molar-refractivity contribution < 1.29 is 14.3 Å². The number of amides is 1. The van der Waals surface area contributed by atoms with Gasteiger partial charge in [0.25, 0.3) is 0 Å². The molecule has 5 heteroatoms. The fraction of sp³-hybridized carbons (Fsp3) is 0.650. The minimum atomic E-state index is -0.244. The maximum Gasteiger partial charge on any atom is 0.410 e. The molecule has 0 spiro atoms. The monoisotopic (exact) mass is 346 g/mol. The highest BCUT2D eigenvalue weighted by atomic mass is 16.6. The van der Waals surface area contributed by atoms with Crippen LogP contribution in [0.5, 0.6) is 0 Å². The molecule has 2 fully saturated rings. The molecular weight excluding hydrogens is 316 g/mol. The quantitative estimate of drug-likeness (QED) is 0.831. The lowest BCUT2D eigenvalue weighted by Crippen LogP contribution is -2.50. The number of hydrogen-bond acceptors (Lipinski definition) is 4. The summed E-state index contributed by atoms with van der Waals surface area (Å²) in [6.07, 6.45) is 7.69. The molecule has 5 nitrogen and oxygen atoms in total. The van der Waals surface area contributed by atoms with Crippen molar-refractivity contribution in [2.75, 3.05) is 26.2 Å². The van der Waals surface area contributed by atoms with E-state index in [1.807, 2.05) is 30.3 Å². The van der Waals surface area contributed by atoms with E-state index < -0.39 is 0 Å². The van der Waals surface area contributed by atoms with Gasteiger partial charge in [-0.25, -0.2) is 4.79 Å². The highest BCUT2D eigenvalue weighted by molar-refractivity contribution is 5.67. The standard InChI is InChI=1S/C20H30N2O3/c23-20(25-16-17-8-4-3-5-9-17)22-12-13-24-19(15-22)14-21-18-10-6-1-2-7-11-18/h3-5,8-9,18-19,21H,1-2,6-7,10-16H2. The van der Waals surface area contributed by atoms with E-state index in [0.717, 1.165) is 12.1 Å². The van der Waals surface area contributed by atoms with Gasteiger partial charge in [0, 0.05) is 19.1 Å². The number of rotatable bonds is 5. The molecule has 1 aliphatic heterocycles. The number of hydrogen-bond donors (Lipinski definition) is 1. The molecule has 1 N–H and O–H groups in total. The van der Waals surface area contributed by atoms with Crippen LogP contribution in [-0.2, 0) is 16.1 Å². The summed E-state index contributed by atoms with van der Waals surface area (Å²) < 4.78 is 11.3. The third-order valence-corrected chi connectivity index (χ3v) is 5.09. The second kappa shape index (κ2) is 9.78. The molecule has 25 heavy (non-hydrogen) atoms. The van der Waals surface area contributed by atoms with Crippen molar-refractivity contribution in [2.45, 2.75) is 57.3 Å². The van der Waals surface area contributed by atoms with Crippen LogP contribution in [0.15, 0.2) is 30.3 Å². The molecule has 2 aliphatic rings. The fourth-order valence-electron chi connectivity index (χ4n) is 3.60. The van der Waals surface area contributed by atoms with Crippen molar-refractivity contribution in [2.24, 2.45) is 0 Å². The Hall–Kier alpha value is -1.59. The van der Waals surface area contributed by atoms with Crippen molar-refractivity contribution in [3.05, 3.63) is 35.9 Å². The normalized spacial score (nSPS) is 22.4. The first-order valence-corrected chi connectivity index (χ1v) is 9.62. The van der Waals surface area contributed by atoms with Gasteiger partial charge >= 0.3 is 6.09 Å². The van der Waals surface area contributed by atoms with Crippen molar-refractivity contribution in [3.63, 3.8) is 0 Å². The molecule has 1 aromatic carbocycles. The van der Waals surface area contributed by atoms with E-state index in [9.17, 15) is 4.79 Å². The zero-order chi connectivity index (χ0) is 17.3. The first-order valence-electron chi connectivity index (χ1n) is 9.62. The zero-order valence-electron chi connectivity index (χ0n) is 15.0. The molecule has 0 bridgehead atoms. The SMILES string of the molecule is O=C(OCc1ccccc1)N1CCOC(CNC2CCCCCC2)C1. The first kappa shape index (κ1) is 18.2. The average molecular weight is 346 g/mol. The van der Waals surface area contributed by atoms with Crippen LogP contribution in [0.2, 0.25) is 0 Å². The number of carbonyl (C=O) groups excluding carboxylic acids is 1. The summed E-state index contributed by atoms with van der Waals surface area (Å²) in [5.41, 5.74) is 1.01. The molecule has 0 aromatic heterocycles. The number of benzene rings is 1. The molecule has 138 valence electrons. The van der Waals surface area contributed by atoms with E-state index in [2.05, 4.69) is 5.32 Å². The van der Waals surface area contributed by atoms with Gasteiger partial charge in [0.05, 0.1) is 19.3 Å². The summed E-state index contributed by atoms with van der Waals surface area (Å²) in [5.74, 6) is 0. The Morgan fingerprint density at radius 2 is 1.92 bits per heavy atom. The number of morpholine rings is 1. The lowest BCUT2D eigenvalue weighted by atomic mass is 10.1. The molecule has 1 heterocycles. The Morgan fingerprint density at radius 3 is 2.68 bits per heavy atom. The minimum absolute atomic E-state index is 0.0567. The highest BCUT2D eigenvalue weighted by Crippen LogP contribution is 2.17. The van der Waals surface area contributed by atoms with E-state index in [1.54, 1.807) is 4.90 Å². The van der Waals surface area contributed by atoms with E-state index >= 15 is 0 Å². The molecule has 1 atom stereocenters. The van der Waals surface area contributed by atoms with Gasteiger partial charge in [-0.3, -0.25) is 0 Å². The van der Waals surface area contributed by atoms with Crippen molar-refractivity contribution in [1.82, 2.24) is 10.2 Å². The Labute approximate surface area is 150 Å².